The van der Waals surface area contributed by atoms with E-state index in [-0.39, 0.29) is 10.1 Å². The van der Waals surface area contributed by atoms with Gasteiger partial charge in [-0.25, -0.2) is 0 Å². The van der Waals surface area contributed by atoms with E-state index in [0.717, 1.165) is 30.8 Å². The minimum Gasteiger partial charge on any atom is -0.534 e. The molecule has 63 heavy (non-hydrogen) atoms. The lowest BCUT2D eigenvalue weighted by Gasteiger charge is -2.44. The van der Waals surface area contributed by atoms with Gasteiger partial charge >= 0.3 is 16.6 Å². The van der Waals surface area contributed by atoms with Crippen molar-refractivity contribution in [3.05, 3.63) is 216 Å². The van der Waals surface area contributed by atoms with Gasteiger partial charge in [-0.1, -0.05) is 224 Å². The normalized spacial score (nSPS) is 14.2. The molecule has 0 heterocycles. The molecule has 0 aromatic heterocycles. The van der Waals surface area contributed by atoms with E-state index < -0.39 is 16.6 Å². The summed E-state index contributed by atoms with van der Waals surface area (Å²) in [7, 11) is -6.07. The van der Waals surface area contributed by atoms with Crippen LogP contribution in [0.5, 0.6) is 11.5 Å². The van der Waals surface area contributed by atoms with Crippen LogP contribution in [0.25, 0.3) is 32.7 Å². The minimum absolute atomic E-state index is 0.213. The van der Waals surface area contributed by atoms with Gasteiger partial charge in [-0.15, -0.1) is 0 Å². The second-order valence-electron chi connectivity index (χ2n) is 19.5. The summed E-state index contributed by atoms with van der Waals surface area (Å²) in [5, 5.41) is 9.47. The largest absolute Gasteiger partial charge is 0.534 e. The first-order valence-corrected chi connectivity index (χ1v) is 26.4. The highest BCUT2D eigenvalue weighted by molar-refractivity contribution is 7.00. The van der Waals surface area contributed by atoms with E-state index in [4.69, 9.17) is 8.85 Å². The van der Waals surface area contributed by atoms with Crippen molar-refractivity contribution in [2.45, 2.75) is 70.9 Å². The van der Waals surface area contributed by atoms with Gasteiger partial charge in [0.25, 0.3) is 0 Å². The van der Waals surface area contributed by atoms with Crippen molar-refractivity contribution in [2.75, 3.05) is 0 Å². The molecule has 10 rings (SSSR count). The van der Waals surface area contributed by atoms with Crippen molar-refractivity contribution in [3.63, 3.8) is 0 Å². The second-order valence-corrected chi connectivity index (χ2v) is 27.9. The molecule has 312 valence electrons. The van der Waals surface area contributed by atoms with Gasteiger partial charge in [0, 0.05) is 24.0 Å². The number of allylic oxidation sites excluding steroid dienone is 4. The third-order valence-corrected chi connectivity index (χ3v) is 23.6. The van der Waals surface area contributed by atoms with Crippen molar-refractivity contribution in [2.24, 2.45) is 0 Å². The Balaban J connectivity index is 1.32. The first kappa shape index (κ1) is 40.8. The molecule has 0 spiro atoms. The van der Waals surface area contributed by atoms with Gasteiger partial charge in [-0.3, -0.25) is 0 Å². The van der Waals surface area contributed by atoms with Crippen LogP contribution < -0.4 is 29.6 Å². The standard InChI is InChI=1S/C59H56O2Si2/c1-58(2,3)62(46-28-11-7-12-29-46,47-30-13-8-14-31-47)60-54-40-44-24-19-21-36-50(44)56-52(54)38-42-26-23-27-43(42)39-53-55(41-45-25-20-22-37-51(45)57(53)56)61-63(59(4,5)6,48-32-15-9-16-33-48)49-34-17-10-18-35-49/h7-22,24-37,40-41H,23,38-39H2,1-6H3. The lowest BCUT2D eigenvalue weighted by atomic mass is 9.79. The molecule has 0 unspecified atom stereocenters. The van der Waals surface area contributed by atoms with Crippen LogP contribution in [0, 0.1) is 0 Å². The van der Waals surface area contributed by atoms with Crippen molar-refractivity contribution in [3.8, 4) is 22.6 Å². The van der Waals surface area contributed by atoms with E-state index in [1.54, 1.807) is 0 Å². The molecule has 0 saturated carbocycles. The minimum atomic E-state index is -3.04. The molecule has 0 amide bonds. The SMILES string of the molecule is CC(C)(C)[Si](Oc1cc2ccccc2c2c1CC1=CCC=C1Cc1c(O[Si](c3ccccc3)(c3ccccc3)C(C)(C)C)cc3ccccc3c1-2)(c1ccccc1)c1ccccc1. The molecule has 0 atom stereocenters. The molecule has 2 aliphatic rings. The maximum Gasteiger partial charge on any atom is 0.319 e. The number of hydrogen-bond donors (Lipinski definition) is 0. The number of rotatable bonds is 8. The Kier molecular flexibility index (Phi) is 10.3. The smallest absolute Gasteiger partial charge is 0.319 e. The molecule has 0 saturated heterocycles. The zero-order chi connectivity index (χ0) is 43.4. The Labute approximate surface area is 375 Å². The summed E-state index contributed by atoms with van der Waals surface area (Å²) < 4.78 is 16.3. The van der Waals surface area contributed by atoms with Crippen LogP contribution in [0.1, 0.15) is 59.1 Å². The topological polar surface area (TPSA) is 18.5 Å². The van der Waals surface area contributed by atoms with E-state index in [2.05, 4.69) is 236 Å². The molecule has 2 nitrogen and oxygen atoms in total. The van der Waals surface area contributed by atoms with Crippen molar-refractivity contribution < 1.29 is 8.85 Å². The number of benzene rings is 8. The van der Waals surface area contributed by atoms with E-state index >= 15 is 0 Å². The number of hydrogen-bond acceptors (Lipinski definition) is 2. The lowest BCUT2D eigenvalue weighted by Crippen LogP contribution is -2.69. The van der Waals surface area contributed by atoms with Gasteiger partial charge in [0.15, 0.2) is 0 Å². The maximum absolute atomic E-state index is 8.16. The van der Waals surface area contributed by atoms with Crippen molar-refractivity contribution in [1.29, 1.82) is 0 Å². The molecule has 8 aromatic rings. The fourth-order valence-corrected chi connectivity index (χ4v) is 19.7. The van der Waals surface area contributed by atoms with E-state index in [9.17, 15) is 0 Å². The highest BCUT2D eigenvalue weighted by atomic mass is 28.4. The molecule has 2 aliphatic carbocycles. The zero-order valence-corrected chi connectivity index (χ0v) is 39.4. The molecule has 8 aromatic carbocycles. The third kappa shape index (κ3) is 6.83. The van der Waals surface area contributed by atoms with Crippen molar-refractivity contribution >= 4 is 58.9 Å². The highest BCUT2D eigenvalue weighted by Gasteiger charge is 2.54. The van der Waals surface area contributed by atoms with Crippen LogP contribution in [-0.4, -0.2) is 16.6 Å². The Morgan fingerprint density at radius 1 is 0.381 bits per heavy atom. The summed E-state index contributed by atoms with van der Waals surface area (Å²) in [6.07, 6.45) is 7.40. The molecule has 0 bridgehead atoms. The summed E-state index contributed by atoms with van der Waals surface area (Å²) in [4.78, 5) is 0. The van der Waals surface area contributed by atoms with Gasteiger partial charge in [0.05, 0.1) is 0 Å². The molecule has 4 heteroatoms. The Hall–Kier alpha value is -6.21. The number of fused-ring (bicyclic) bond motifs is 8. The van der Waals surface area contributed by atoms with Crippen LogP contribution in [0.3, 0.4) is 0 Å². The molecule has 0 radical (unpaired) electrons. The zero-order valence-electron chi connectivity index (χ0n) is 37.4. The predicted octanol–water partition coefficient (Wildman–Crippen LogP) is 12.9. The van der Waals surface area contributed by atoms with Crippen LogP contribution >= 0.6 is 0 Å². The van der Waals surface area contributed by atoms with Gasteiger partial charge in [0.2, 0.25) is 0 Å². The van der Waals surface area contributed by atoms with E-state index in [0.29, 0.717) is 0 Å². The highest BCUT2D eigenvalue weighted by Crippen LogP contribution is 2.52. The monoisotopic (exact) mass is 852 g/mol. The summed E-state index contributed by atoms with van der Waals surface area (Å²) >= 11 is 0. The molecular weight excluding hydrogens is 797 g/mol. The van der Waals surface area contributed by atoms with Crippen molar-refractivity contribution in [1.82, 2.24) is 0 Å². The molecule has 0 aliphatic heterocycles. The first-order valence-electron chi connectivity index (χ1n) is 22.6. The average molecular weight is 853 g/mol. The summed E-state index contributed by atoms with van der Waals surface area (Å²) in [6, 6.07) is 67.0. The average Bonchev–Trinajstić information content (AvgIpc) is 3.72. The van der Waals surface area contributed by atoms with Crippen LogP contribution in [0.4, 0.5) is 0 Å². The first-order chi connectivity index (χ1) is 30.5. The van der Waals surface area contributed by atoms with Gasteiger partial charge in [0.1, 0.15) is 11.5 Å². The summed E-state index contributed by atoms with van der Waals surface area (Å²) in [6.45, 7) is 14.3. The van der Waals surface area contributed by atoms with Crippen LogP contribution in [0.15, 0.2) is 205 Å². The molecule has 0 N–H and O–H groups in total. The Morgan fingerprint density at radius 3 is 1.00 bits per heavy atom. The lowest BCUT2D eigenvalue weighted by molar-refractivity contribution is 0.503. The fourth-order valence-electron chi connectivity index (χ4n) is 10.8. The van der Waals surface area contributed by atoms with Crippen LogP contribution in [0.2, 0.25) is 10.1 Å². The quantitative estimate of drug-likeness (QED) is 0.142. The second kappa shape index (κ2) is 15.9. The maximum atomic E-state index is 8.16. The Bertz CT molecular complexity index is 2740. The van der Waals surface area contributed by atoms with E-state index in [1.807, 2.05) is 0 Å². The van der Waals surface area contributed by atoms with Crippen LogP contribution in [-0.2, 0) is 12.8 Å². The fraction of sp³-hybridized carbons (Fsp3) is 0.186. The van der Waals surface area contributed by atoms with E-state index in [1.165, 1.54) is 75.7 Å². The van der Waals surface area contributed by atoms with Gasteiger partial charge in [-0.2, -0.15) is 0 Å². The third-order valence-electron chi connectivity index (χ3n) is 13.7. The van der Waals surface area contributed by atoms with Gasteiger partial charge in [-0.05, 0) is 93.2 Å². The summed E-state index contributed by atoms with van der Waals surface area (Å²) in [5.41, 5.74) is 7.77. The Morgan fingerprint density at radius 2 is 0.683 bits per heavy atom. The molecule has 0 fully saturated rings. The summed E-state index contributed by atoms with van der Waals surface area (Å²) in [5.74, 6) is 1.95. The molecular formula is C59H56O2Si2. The van der Waals surface area contributed by atoms with Gasteiger partial charge < -0.3 is 8.85 Å². The predicted molar refractivity (Wildman–Crippen MR) is 272 cm³/mol.